The molecule has 6 heteroatoms. The normalized spacial score (nSPS) is 15.8. The highest BCUT2D eigenvalue weighted by atomic mass is 19.1. The molecule has 0 N–H and O–H groups in total. The molecule has 1 aromatic carbocycles. The van der Waals surface area contributed by atoms with E-state index in [1.807, 2.05) is 20.8 Å². The summed E-state index contributed by atoms with van der Waals surface area (Å²) in [6, 6.07) is 8.34. The molecule has 1 aromatic heterocycles. The molecule has 0 spiro atoms. The van der Waals surface area contributed by atoms with E-state index in [-0.39, 0.29) is 17.9 Å². The molecule has 0 saturated carbocycles. The van der Waals surface area contributed by atoms with Gasteiger partial charge in [-0.1, -0.05) is 0 Å². The Bertz CT molecular complexity index is 744. The monoisotopic (exact) mass is 361 g/mol. The second kappa shape index (κ2) is 7.40. The minimum atomic E-state index is -0.511. The van der Waals surface area contributed by atoms with Gasteiger partial charge in [-0.15, -0.1) is 0 Å². The van der Waals surface area contributed by atoms with E-state index >= 15 is 0 Å². The summed E-state index contributed by atoms with van der Waals surface area (Å²) < 4.78 is 30.8. The fourth-order valence-electron chi connectivity index (χ4n) is 2.85. The fourth-order valence-corrected chi connectivity index (χ4v) is 2.85. The zero-order valence-electron chi connectivity index (χ0n) is 15.3. The van der Waals surface area contributed by atoms with E-state index in [2.05, 4.69) is 0 Å². The zero-order valence-corrected chi connectivity index (χ0v) is 15.3. The van der Waals surface area contributed by atoms with Gasteiger partial charge in [0.25, 0.3) is 0 Å². The van der Waals surface area contributed by atoms with Crippen LogP contribution in [-0.2, 0) is 4.74 Å². The van der Waals surface area contributed by atoms with Crippen LogP contribution in [0.5, 0.6) is 5.75 Å². The van der Waals surface area contributed by atoms with Crippen molar-refractivity contribution in [2.45, 2.75) is 45.3 Å². The number of amides is 1. The molecule has 0 unspecified atom stereocenters. The highest BCUT2D eigenvalue weighted by Gasteiger charge is 2.28. The number of hydrogen-bond acceptors (Lipinski definition) is 4. The van der Waals surface area contributed by atoms with Crippen molar-refractivity contribution in [2.75, 3.05) is 13.1 Å². The Labute approximate surface area is 152 Å². The van der Waals surface area contributed by atoms with Gasteiger partial charge in [-0.05, 0) is 51.1 Å². The van der Waals surface area contributed by atoms with Crippen LogP contribution >= 0.6 is 0 Å². The summed E-state index contributed by atoms with van der Waals surface area (Å²) in [6.45, 7) is 6.60. The SMILES string of the molecule is CC(C)(C)OC(=O)N1CCC(Oc2ccc(-c3ccco3)cc2F)CC1. The number of carbonyl (C=O) groups excluding carboxylic acids is 1. The topological polar surface area (TPSA) is 51.9 Å². The van der Waals surface area contributed by atoms with E-state index < -0.39 is 11.4 Å². The van der Waals surface area contributed by atoms with Gasteiger partial charge in [0.15, 0.2) is 11.6 Å². The largest absolute Gasteiger partial charge is 0.487 e. The first-order valence-corrected chi connectivity index (χ1v) is 8.80. The number of carbonyl (C=O) groups is 1. The lowest BCUT2D eigenvalue weighted by Crippen LogP contribution is -2.44. The predicted molar refractivity (Wildman–Crippen MR) is 95.6 cm³/mol. The number of hydrogen-bond donors (Lipinski definition) is 0. The van der Waals surface area contributed by atoms with E-state index in [9.17, 15) is 9.18 Å². The van der Waals surface area contributed by atoms with Crippen LogP contribution in [0.15, 0.2) is 41.0 Å². The quantitative estimate of drug-likeness (QED) is 0.783. The Kier molecular flexibility index (Phi) is 5.20. The number of benzene rings is 1. The molecule has 0 aliphatic carbocycles. The van der Waals surface area contributed by atoms with E-state index in [0.717, 1.165) is 0 Å². The molecular weight excluding hydrogens is 337 g/mol. The maximum atomic E-state index is 14.3. The van der Waals surface area contributed by atoms with Crippen LogP contribution in [0.4, 0.5) is 9.18 Å². The Morgan fingerprint density at radius 3 is 2.54 bits per heavy atom. The van der Waals surface area contributed by atoms with Crippen molar-refractivity contribution < 1.29 is 23.1 Å². The van der Waals surface area contributed by atoms with Crippen LogP contribution in [0, 0.1) is 5.82 Å². The van der Waals surface area contributed by atoms with Crippen molar-refractivity contribution in [3.63, 3.8) is 0 Å². The molecule has 1 aliphatic heterocycles. The molecule has 1 saturated heterocycles. The Hall–Kier alpha value is -2.50. The van der Waals surface area contributed by atoms with Gasteiger partial charge in [0, 0.05) is 31.5 Å². The highest BCUT2D eigenvalue weighted by Crippen LogP contribution is 2.28. The standard InChI is InChI=1S/C20H24FNO4/c1-20(2,3)26-19(23)22-10-8-15(9-11-22)25-18-7-6-14(13-16(18)21)17-5-4-12-24-17/h4-7,12-13,15H,8-11H2,1-3H3. The third-order valence-corrected chi connectivity index (χ3v) is 4.12. The summed E-state index contributed by atoms with van der Waals surface area (Å²) in [5.41, 5.74) is 0.156. The highest BCUT2D eigenvalue weighted by molar-refractivity contribution is 5.68. The molecule has 2 heterocycles. The summed E-state index contributed by atoms with van der Waals surface area (Å²) in [5, 5.41) is 0. The van der Waals surface area contributed by atoms with Gasteiger partial charge in [-0.2, -0.15) is 0 Å². The van der Waals surface area contributed by atoms with E-state index in [4.69, 9.17) is 13.9 Å². The smallest absolute Gasteiger partial charge is 0.410 e. The van der Waals surface area contributed by atoms with Crippen LogP contribution in [0.25, 0.3) is 11.3 Å². The predicted octanol–water partition coefficient (Wildman–Crippen LogP) is 4.86. The molecule has 2 aromatic rings. The van der Waals surface area contributed by atoms with Gasteiger partial charge >= 0.3 is 6.09 Å². The summed E-state index contributed by atoms with van der Waals surface area (Å²) in [5.74, 6) is 0.408. The van der Waals surface area contributed by atoms with Crippen molar-refractivity contribution in [3.8, 4) is 17.1 Å². The zero-order chi connectivity index (χ0) is 18.7. The van der Waals surface area contributed by atoms with Gasteiger partial charge in [-0.25, -0.2) is 9.18 Å². The van der Waals surface area contributed by atoms with E-state index in [1.165, 1.54) is 6.07 Å². The third kappa shape index (κ3) is 4.56. The Morgan fingerprint density at radius 1 is 1.23 bits per heavy atom. The van der Waals surface area contributed by atoms with Crippen molar-refractivity contribution in [1.82, 2.24) is 4.90 Å². The molecule has 1 amide bonds. The molecule has 0 bridgehead atoms. The second-order valence-electron chi connectivity index (χ2n) is 7.41. The first-order valence-electron chi connectivity index (χ1n) is 8.80. The number of likely N-dealkylation sites (tertiary alicyclic amines) is 1. The Balaban J connectivity index is 1.55. The minimum absolute atomic E-state index is 0.127. The first-order chi connectivity index (χ1) is 12.3. The number of halogens is 1. The molecule has 140 valence electrons. The van der Waals surface area contributed by atoms with Crippen LogP contribution in [0.3, 0.4) is 0 Å². The summed E-state index contributed by atoms with van der Waals surface area (Å²) in [6.07, 6.45) is 2.38. The molecule has 1 fully saturated rings. The van der Waals surface area contributed by atoms with Crippen LogP contribution in [-0.4, -0.2) is 35.8 Å². The van der Waals surface area contributed by atoms with E-state index in [1.54, 1.807) is 35.4 Å². The van der Waals surface area contributed by atoms with Crippen molar-refractivity contribution in [2.24, 2.45) is 0 Å². The maximum Gasteiger partial charge on any atom is 0.410 e. The fraction of sp³-hybridized carbons (Fsp3) is 0.450. The molecule has 5 nitrogen and oxygen atoms in total. The van der Waals surface area contributed by atoms with Gasteiger partial charge < -0.3 is 18.8 Å². The van der Waals surface area contributed by atoms with Crippen LogP contribution in [0.2, 0.25) is 0 Å². The minimum Gasteiger partial charge on any atom is -0.487 e. The summed E-state index contributed by atoms with van der Waals surface area (Å²) in [4.78, 5) is 13.7. The number of rotatable bonds is 3. The van der Waals surface area contributed by atoms with Crippen molar-refractivity contribution in [3.05, 3.63) is 42.4 Å². The third-order valence-electron chi connectivity index (χ3n) is 4.12. The molecule has 0 radical (unpaired) electrons. The van der Waals surface area contributed by atoms with Gasteiger partial charge in [0.2, 0.25) is 0 Å². The average molecular weight is 361 g/mol. The van der Waals surface area contributed by atoms with Gasteiger partial charge in [0.1, 0.15) is 17.5 Å². The lowest BCUT2D eigenvalue weighted by Gasteiger charge is -2.33. The van der Waals surface area contributed by atoms with Crippen LogP contribution < -0.4 is 4.74 Å². The van der Waals surface area contributed by atoms with Gasteiger partial charge in [0.05, 0.1) is 6.26 Å². The Morgan fingerprint density at radius 2 is 1.96 bits per heavy atom. The molecule has 26 heavy (non-hydrogen) atoms. The van der Waals surface area contributed by atoms with E-state index in [0.29, 0.717) is 37.3 Å². The number of nitrogens with zero attached hydrogens (tertiary/aromatic N) is 1. The summed E-state index contributed by atoms with van der Waals surface area (Å²) >= 11 is 0. The average Bonchev–Trinajstić information content (AvgIpc) is 3.10. The van der Waals surface area contributed by atoms with Crippen LogP contribution in [0.1, 0.15) is 33.6 Å². The molecule has 3 rings (SSSR count). The van der Waals surface area contributed by atoms with Crippen molar-refractivity contribution in [1.29, 1.82) is 0 Å². The lowest BCUT2D eigenvalue weighted by molar-refractivity contribution is 0.0123. The molecule has 0 atom stereocenters. The van der Waals surface area contributed by atoms with Crippen molar-refractivity contribution >= 4 is 6.09 Å². The first kappa shape index (κ1) is 18.3. The second-order valence-corrected chi connectivity index (χ2v) is 7.41. The lowest BCUT2D eigenvalue weighted by atomic mass is 10.1. The van der Waals surface area contributed by atoms with Gasteiger partial charge in [-0.3, -0.25) is 0 Å². The maximum absolute atomic E-state index is 14.3. The summed E-state index contributed by atoms with van der Waals surface area (Å²) in [7, 11) is 0. The number of furan rings is 1. The molecular formula is C20H24FNO4. The number of piperidine rings is 1. The molecule has 1 aliphatic rings. The number of ether oxygens (including phenoxy) is 2.